The highest BCUT2D eigenvalue weighted by Crippen LogP contribution is 2.21. The van der Waals surface area contributed by atoms with Crippen molar-refractivity contribution in [2.45, 2.75) is 79.1 Å². The fraction of sp³-hybridized carbons (Fsp3) is 0.421. The third kappa shape index (κ3) is 10.7. The minimum atomic E-state index is 1.15. The van der Waals surface area contributed by atoms with Crippen molar-refractivity contribution in [3.63, 3.8) is 0 Å². The smallest absolute Gasteiger partial charge is 0.0366 e. The molecule has 0 saturated carbocycles. The molecule has 3 aromatic rings. The first-order chi connectivity index (χ1) is 19.7. The number of unbranched alkanes of at least 4 members (excludes halogenated alkanes) is 4. The topological polar surface area (TPSA) is 6.48 Å². The van der Waals surface area contributed by atoms with Crippen molar-refractivity contribution in [1.29, 1.82) is 0 Å². The van der Waals surface area contributed by atoms with Gasteiger partial charge < -0.3 is 9.80 Å². The largest absolute Gasteiger partial charge is 0.372 e. The molecule has 0 aliphatic heterocycles. The fourth-order valence-corrected chi connectivity index (χ4v) is 4.88. The van der Waals surface area contributed by atoms with Crippen LogP contribution >= 0.6 is 0 Å². The molecule has 0 fully saturated rings. The molecule has 0 N–H and O–H groups in total. The van der Waals surface area contributed by atoms with E-state index in [0.29, 0.717) is 0 Å². The summed E-state index contributed by atoms with van der Waals surface area (Å²) < 4.78 is 0. The normalized spacial score (nSPS) is 11.5. The van der Waals surface area contributed by atoms with Gasteiger partial charge in [-0.1, -0.05) is 120 Å². The van der Waals surface area contributed by atoms with E-state index in [1.54, 1.807) is 0 Å². The number of rotatable bonds is 18. The van der Waals surface area contributed by atoms with Crippen LogP contribution in [0.4, 0.5) is 11.4 Å². The van der Waals surface area contributed by atoms with Crippen LogP contribution < -0.4 is 9.80 Å². The van der Waals surface area contributed by atoms with Crippen LogP contribution in [0.2, 0.25) is 0 Å². The molecule has 2 heteroatoms. The summed E-state index contributed by atoms with van der Waals surface area (Å²) in [7, 11) is 0. The van der Waals surface area contributed by atoms with Gasteiger partial charge in [0, 0.05) is 37.6 Å². The summed E-state index contributed by atoms with van der Waals surface area (Å²) in [6.07, 6.45) is 18.8. The molecule has 0 atom stereocenters. The van der Waals surface area contributed by atoms with E-state index in [-0.39, 0.29) is 0 Å². The number of hydrogen-bond donors (Lipinski definition) is 0. The summed E-state index contributed by atoms with van der Waals surface area (Å²) in [6.45, 7) is 13.7. The van der Waals surface area contributed by atoms with E-state index in [4.69, 9.17) is 0 Å². The summed E-state index contributed by atoms with van der Waals surface area (Å²) in [5.41, 5.74) is 7.60. The lowest BCUT2D eigenvalue weighted by Gasteiger charge is -2.24. The summed E-state index contributed by atoms with van der Waals surface area (Å²) >= 11 is 0. The van der Waals surface area contributed by atoms with Crippen LogP contribution in [0.25, 0.3) is 24.3 Å². The van der Waals surface area contributed by atoms with Gasteiger partial charge in [0.05, 0.1) is 0 Å². The Balaban J connectivity index is 1.62. The van der Waals surface area contributed by atoms with Crippen LogP contribution in [0.3, 0.4) is 0 Å². The molecule has 0 aromatic heterocycles. The lowest BCUT2D eigenvalue weighted by molar-refractivity contribution is 0.678. The Labute approximate surface area is 245 Å². The van der Waals surface area contributed by atoms with Crippen LogP contribution in [0.15, 0.2) is 72.8 Å². The van der Waals surface area contributed by atoms with Crippen LogP contribution in [-0.2, 0) is 0 Å². The van der Waals surface area contributed by atoms with E-state index in [2.05, 4.69) is 135 Å². The molecule has 40 heavy (non-hydrogen) atoms. The maximum Gasteiger partial charge on any atom is 0.0366 e. The number of hydrogen-bond acceptors (Lipinski definition) is 2. The first-order valence-corrected chi connectivity index (χ1v) is 15.8. The molecule has 0 bridgehead atoms. The summed E-state index contributed by atoms with van der Waals surface area (Å²) in [6, 6.07) is 26.9. The lowest BCUT2D eigenvalue weighted by Crippen LogP contribution is -2.25. The average Bonchev–Trinajstić information content (AvgIpc) is 3.00. The van der Waals surface area contributed by atoms with Gasteiger partial charge in [0.1, 0.15) is 0 Å². The molecule has 0 aliphatic carbocycles. The van der Waals surface area contributed by atoms with Gasteiger partial charge in [-0.2, -0.15) is 0 Å². The second-order valence-corrected chi connectivity index (χ2v) is 10.9. The van der Waals surface area contributed by atoms with Crippen molar-refractivity contribution >= 4 is 35.7 Å². The van der Waals surface area contributed by atoms with Crippen molar-refractivity contribution in [1.82, 2.24) is 0 Å². The second-order valence-electron chi connectivity index (χ2n) is 10.9. The van der Waals surface area contributed by atoms with Gasteiger partial charge in [-0.05, 0) is 78.3 Å². The Kier molecular flexibility index (Phi) is 14.2. The van der Waals surface area contributed by atoms with Crippen molar-refractivity contribution in [3.8, 4) is 0 Å². The Bertz CT molecular complexity index is 1040. The van der Waals surface area contributed by atoms with Gasteiger partial charge in [0.25, 0.3) is 0 Å². The van der Waals surface area contributed by atoms with Crippen molar-refractivity contribution in [2.24, 2.45) is 0 Å². The molecule has 0 unspecified atom stereocenters. The van der Waals surface area contributed by atoms with Gasteiger partial charge in [-0.25, -0.2) is 0 Å². The summed E-state index contributed by atoms with van der Waals surface area (Å²) in [4.78, 5) is 5.08. The highest BCUT2D eigenvalue weighted by Gasteiger charge is 2.06. The molecule has 0 heterocycles. The summed E-state index contributed by atoms with van der Waals surface area (Å²) in [5.74, 6) is 0. The van der Waals surface area contributed by atoms with Crippen LogP contribution in [-0.4, -0.2) is 26.2 Å². The zero-order chi connectivity index (χ0) is 28.4. The van der Waals surface area contributed by atoms with E-state index in [0.717, 1.165) is 26.2 Å². The van der Waals surface area contributed by atoms with Crippen LogP contribution in [0.1, 0.15) is 101 Å². The van der Waals surface area contributed by atoms with Gasteiger partial charge in [0.15, 0.2) is 0 Å². The molecule has 0 spiro atoms. The Morgan fingerprint density at radius 2 is 0.750 bits per heavy atom. The molecule has 2 nitrogen and oxygen atoms in total. The summed E-state index contributed by atoms with van der Waals surface area (Å²) in [5, 5.41) is 0. The Morgan fingerprint density at radius 1 is 0.425 bits per heavy atom. The molecule has 214 valence electrons. The maximum atomic E-state index is 2.54. The number of benzene rings is 3. The zero-order valence-corrected chi connectivity index (χ0v) is 25.6. The minimum Gasteiger partial charge on any atom is -0.372 e. The number of nitrogens with zero attached hydrogens (tertiary/aromatic N) is 2. The highest BCUT2D eigenvalue weighted by molar-refractivity contribution is 5.75. The van der Waals surface area contributed by atoms with Gasteiger partial charge in [0.2, 0.25) is 0 Å². The molecule has 0 amide bonds. The first-order valence-electron chi connectivity index (χ1n) is 15.8. The third-order valence-corrected chi connectivity index (χ3v) is 7.49. The standard InChI is InChI=1S/C38H52N2/c1-5-9-28-39(29-10-6-2)37-24-20-33(21-25-37)16-18-35-14-13-15-36(32-35)19-17-34-22-26-38(27-23-34)40(30-11-7-3)31-12-8-4/h13-27,32H,5-12,28-31H2,1-4H3/b18-16+,19-17+. The fourth-order valence-electron chi connectivity index (χ4n) is 4.88. The van der Waals surface area contributed by atoms with Crippen molar-refractivity contribution in [2.75, 3.05) is 36.0 Å². The van der Waals surface area contributed by atoms with E-state index in [1.165, 1.54) is 85.0 Å². The van der Waals surface area contributed by atoms with Crippen LogP contribution in [0, 0.1) is 0 Å². The quantitative estimate of drug-likeness (QED) is 0.149. The first kappa shape index (κ1) is 31.3. The molecular weight excluding hydrogens is 484 g/mol. The minimum absolute atomic E-state index is 1.15. The van der Waals surface area contributed by atoms with E-state index < -0.39 is 0 Å². The SMILES string of the molecule is CCCCN(CCCC)c1ccc(/C=C/c2cccc(/C=C/c3ccc(N(CCCC)CCCC)cc3)c2)cc1. The second kappa shape index (κ2) is 18.2. The predicted molar refractivity (Wildman–Crippen MR) is 181 cm³/mol. The maximum absolute atomic E-state index is 2.54. The molecule has 3 aromatic carbocycles. The number of anilines is 2. The predicted octanol–water partition coefficient (Wildman–Crippen LogP) is 10.8. The monoisotopic (exact) mass is 536 g/mol. The van der Waals surface area contributed by atoms with Crippen molar-refractivity contribution < 1.29 is 0 Å². The Hall–Kier alpha value is -3.26. The average molecular weight is 537 g/mol. The highest BCUT2D eigenvalue weighted by atomic mass is 15.1. The third-order valence-electron chi connectivity index (χ3n) is 7.49. The van der Waals surface area contributed by atoms with Gasteiger partial charge >= 0.3 is 0 Å². The molecular formula is C38H52N2. The molecule has 0 aliphatic rings. The zero-order valence-electron chi connectivity index (χ0n) is 25.6. The molecule has 0 saturated heterocycles. The molecule has 3 rings (SSSR count). The van der Waals surface area contributed by atoms with E-state index in [1.807, 2.05) is 0 Å². The van der Waals surface area contributed by atoms with E-state index in [9.17, 15) is 0 Å². The van der Waals surface area contributed by atoms with Gasteiger partial charge in [-0.3, -0.25) is 0 Å². The molecule has 0 radical (unpaired) electrons. The Morgan fingerprint density at radius 3 is 1.07 bits per heavy atom. The van der Waals surface area contributed by atoms with Crippen molar-refractivity contribution in [3.05, 3.63) is 95.1 Å². The van der Waals surface area contributed by atoms with Gasteiger partial charge in [-0.15, -0.1) is 0 Å². The van der Waals surface area contributed by atoms with E-state index >= 15 is 0 Å². The lowest BCUT2D eigenvalue weighted by atomic mass is 10.1. The van der Waals surface area contributed by atoms with Crippen LogP contribution in [0.5, 0.6) is 0 Å².